The number of rotatable bonds is 4. The number of phenolic OH excluding ortho intramolecular Hbond substituents is 1. The van der Waals surface area contributed by atoms with Gasteiger partial charge in [-0.15, -0.1) is 0 Å². The van der Waals surface area contributed by atoms with E-state index in [2.05, 4.69) is 4.98 Å². The van der Waals surface area contributed by atoms with E-state index >= 15 is 0 Å². The second-order valence-electron chi connectivity index (χ2n) is 5.18. The summed E-state index contributed by atoms with van der Waals surface area (Å²) in [4.78, 5) is 25.3. The Morgan fingerprint density at radius 1 is 1.04 bits per heavy atom. The van der Waals surface area contributed by atoms with E-state index in [9.17, 15) is 25.3 Å². The van der Waals surface area contributed by atoms with Crippen molar-refractivity contribution >= 4 is 28.4 Å². The number of hydrogen-bond donors (Lipinski definition) is 1. The second kappa shape index (κ2) is 6.36. The fourth-order valence-corrected chi connectivity index (χ4v) is 2.35. The van der Waals surface area contributed by atoms with E-state index in [0.717, 1.165) is 29.7 Å². The Kier molecular flexibility index (Phi) is 4.09. The number of aromatic nitrogens is 1. The number of phenols is 1. The molecule has 0 saturated carbocycles. The number of pyridine rings is 1. The molecule has 25 heavy (non-hydrogen) atoms. The van der Waals surface area contributed by atoms with E-state index in [1.807, 2.05) is 12.1 Å². The van der Waals surface area contributed by atoms with Crippen LogP contribution in [0.15, 0.2) is 54.6 Å². The van der Waals surface area contributed by atoms with Crippen LogP contribution in [0, 0.1) is 20.2 Å². The fraction of sp³-hybridized carbons (Fsp3) is 0. The molecule has 3 rings (SSSR count). The SMILES string of the molecule is O=[N+]([O-])C(=Cc1cc([N+](=O)[O-])ccc1O)c1ccc2ccccc2n1. The molecule has 1 aromatic heterocycles. The number of fused-ring (bicyclic) bond motifs is 1. The van der Waals surface area contributed by atoms with E-state index in [0.29, 0.717) is 5.52 Å². The van der Waals surface area contributed by atoms with Gasteiger partial charge in [0.15, 0.2) is 0 Å². The van der Waals surface area contributed by atoms with Crippen LogP contribution in [0.2, 0.25) is 0 Å². The van der Waals surface area contributed by atoms with Crippen LogP contribution in [0.25, 0.3) is 22.7 Å². The lowest BCUT2D eigenvalue weighted by Gasteiger charge is -2.03. The summed E-state index contributed by atoms with van der Waals surface area (Å²) in [6.07, 6.45) is 1.07. The van der Waals surface area contributed by atoms with Crippen molar-refractivity contribution in [3.8, 4) is 5.75 Å². The largest absolute Gasteiger partial charge is 0.507 e. The molecule has 8 nitrogen and oxygen atoms in total. The van der Waals surface area contributed by atoms with Crippen LogP contribution in [-0.2, 0) is 0 Å². The summed E-state index contributed by atoms with van der Waals surface area (Å²) in [5.74, 6) is -0.300. The molecule has 0 amide bonds. The van der Waals surface area contributed by atoms with Crippen molar-refractivity contribution in [2.75, 3.05) is 0 Å². The lowest BCUT2D eigenvalue weighted by atomic mass is 10.1. The zero-order valence-corrected chi connectivity index (χ0v) is 12.7. The summed E-state index contributed by atoms with van der Waals surface area (Å²) in [6, 6.07) is 13.6. The van der Waals surface area contributed by atoms with Gasteiger partial charge >= 0.3 is 0 Å². The average molecular weight is 337 g/mol. The van der Waals surface area contributed by atoms with Gasteiger partial charge in [0.25, 0.3) is 11.4 Å². The van der Waals surface area contributed by atoms with Crippen LogP contribution in [0.5, 0.6) is 5.75 Å². The van der Waals surface area contributed by atoms with Gasteiger partial charge in [0.1, 0.15) is 11.4 Å². The maximum Gasteiger partial charge on any atom is 0.295 e. The third kappa shape index (κ3) is 3.27. The normalized spacial score (nSPS) is 11.4. The standard InChI is InChI=1S/C17H11N3O5/c21-17-8-6-13(19(22)23)9-12(17)10-16(20(24)25)15-7-5-11-3-1-2-4-14(11)18-15/h1-10,21H. The van der Waals surface area contributed by atoms with Gasteiger partial charge in [0, 0.05) is 29.2 Å². The van der Waals surface area contributed by atoms with Crippen molar-refractivity contribution in [2.45, 2.75) is 0 Å². The predicted octanol–water partition coefficient (Wildman–Crippen LogP) is 3.62. The minimum atomic E-state index is -0.643. The Labute approximate surface area is 141 Å². The Bertz CT molecular complexity index is 1030. The maximum atomic E-state index is 11.5. The molecular formula is C17H11N3O5. The Balaban J connectivity index is 2.15. The van der Waals surface area contributed by atoms with Crippen LogP contribution < -0.4 is 0 Å². The van der Waals surface area contributed by atoms with Crippen LogP contribution in [0.4, 0.5) is 5.69 Å². The molecule has 0 spiro atoms. The summed E-state index contributed by atoms with van der Waals surface area (Å²) < 4.78 is 0. The van der Waals surface area contributed by atoms with Crippen molar-refractivity contribution in [2.24, 2.45) is 0 Å². The second-order valence-corrected chi connectivity index (χ2v) is 5.18. The van der Waals surface area contributed by atoms with Crippen LogP contribution in [-0.4, -0.2) is 19.9 Å². The molecule has 0 atom stereocenters. The number of hydrogen-bond acceptors (Lipinski definition) is 6. The van der Waals surface area contributed by atoms with Crippen LogP contribution in [0.1, 0.15) is 11.3 Å². The molecule has 0 bridgehead atoms. The first-order valence-corrected chi connectivity index (χ1v) is 7.15. The highest BCUT2D eigenvalue weighted by molar-refractivity contribution is 5.83. The molecule has 1 heterocycles. The summed E-state index contributed by atoms with van der Waals surface area (Å²) >= 11 is 0. The summed E-state index contributed by atoms with van der Waals surface area (Å²) in [7, 11) is 0. The van der Waals surface area contributed by atoms with Crippen LogP contribution >= 0.6 is 0 Å². The van der Waals surface area contributed by atoms with Gasteiger partial charge in [0.05, 0.1) is 15.4 Å². The van der Waals surface area contributed by atoms with E-state index in [4.69, 9.17) is 0 Å². The molecule has 0 saturated heterocycles. The summed E-state index contributed by atoms with van der Waals surface area (Å²) in [5.41, 5.74) is -0.0127. The topological polar surface area (TPSA) is 119 Å². The predicted molar refractivity (Wildman–Crippen MR) is 91.4 cm³/mol. The first kappa shape index (κ1) is 16.1. The van der Waals surface area contributed by atoms with E-state index in [1.54, 1.807) is 18.2 Å². The molecule has 3 aromatic rings. The Hall–Kier alpha value is -3.81. The minimum Gasteiger partial charge on any atom is -0.507 e. The van der Waals surface area contributed by atoms with Crippen molar-refractivity contribution in [3.63, 3.8) is 0 Å². The molecule has 0 radical (unpaired) electrons. The van der Waals surface area contributed by atoms with Crippen molar-refractivity contribution in [3.05, 3.63) is 86.1 Å². The molecular weight excluding hydrogens is 326 g/mol. The number of nitro groups is 2. The molecule has 0 aliphatic rings. The van der Waals surface area contributed by atoms with Crippen molar-refractivity contribution < 1.29 is 15.0 Å². The highest BCUT2D eigenvalue weighted by Gasteiger charge is 2.19. The number of aromatic hydroxyl groups is 1. The van der Waals surface area contributed by atoms with E-state index in [-0.39, 0.29) is 28.4 Å². The molecule has 0 aliphatic heterocycles. The van der Waals surface area contributed by atoms with Gasteiger partial charge in [0.2, 0.25) is 0 Å². The third-order valence-corrected chi connectivity index (χ3v) is 3.57. The zero-order valence-electron chi connectivity index (χ0n) is 12.7. The monoisotopic (exact) mass is 337 g/mol. The molecule has 124 valence electrons. The third-order valence-electron chi connectivity index (χ3n) is 3.57. The average Bonchev–Trinajstić information content (AvgIpc) is 2.60. The maximum absolute atomic E-state index is 11.5. The Morgan fingerprint density at radius 2 is 1.80 bits per heavy atom. The summed E-state index contributed by atoms with van der Waals surface area (Å²) in [5, 5.41) is 33.0. The zero-order chi connectivity index (χ0) is 18.0. The molecule has 8 heteroatoms. The number of nitrogens with zero attached hydrogens (tertiary/aromatic N) is 3. The lowest BCUT2D eigenvalue weighted by molar-refractivity contribution is -0.384. The molecule has 0 unspecified atom stereocenters. The van der Waals surface area contributed by atoms with Crippen LogP contribution in [0.3, 0.4) is 0 Å². The highest BCUT2D eigenvalue weighted by Crippen LogP contribution is 2.28. The molecule has 1 N–H and O–H groups in total. The first-order valence-electron chi connectivity index (χ1n) is 7.15. The van der Waals surface area contributed by atoms with Crippen molar-refractivity contribution in [1.82, 2.24) is 4.98 Å². The number of para-hydroxylation sites is 1. The fourth-order valence-electron chi connectivity index (χ4n) is 2.35. The van der Waals surface area contributed by atoms with Crippen molar-refractivity contribution in [1.29, 1.82) is 0 Å². The minimum absolute atomic E-state index is 0.0316. The highest BCUT2D eigenvalue weighted by atomic mass is 16.6. The molecule has 0 fully saturated rings. The quantitative estimate of drug-likeness (QED) is 0.573. The van der Waals surface area contributed by atoms with Gasteiger partial charge in [-0.25, -0.2) is 4.98 Å². The number of benzene rings is 2. The number of nitro benzene ring substituents is 1. The first-order chi connectivity index (χ1) is 12.0. The van der Waals surface area contributed by atoms with Gasteiger partial charge < -0.3 is 5.11 Å². The van der Waals surface area contributed by atoms with E-state index < -0.39 is 9.85 Å². The number of non-ortho nitro benzene ring substituents is 1. The smallest absolute Gasteiger partial charge is 0.295 e. The van der Waals surface area contributed by atoms with Gasteiger partial charge in [-0.3, -0.25) is 20.2 Å². The van der Waals surface area contributed by atoms with Gasteiger partial charge in [-0.2, -0.15) is 0 Å². The summed E-state index contributed by atoms with van der Waals surface area (Å²) in [6.45, 7) is 0. The molecule has 0 aliphatic carbocycles. The molecule has 2 aromatic carbocycles. The van der Waals surface area contributed by atoms with Gasteiger partial charge in [-0.05, 0) is 18.2 Å². The van der Waals surface area contributed by atoms with E-state index in [1.165, 1.54) is 6.07 Å². The lowest BCUT2D eigenvalue weighted by Crippen LogP contribution is -2.01. The Morgan fingerprint density at radius 3 is 2.52 bits per heavy atom. The van der Waals surface area contributed by atoms with Gasteiger partial charge in [-0.1, -0.05) is 24.3 Å².